The number of aromatic hydroxyl groups is 2. The Morgan fingerprint density at radius 1 is 0.971 bits per heavy atom. The number of nitro groups is 1. The number of pyridine rings is 1. The van der Waals surface area contributed by atoms with Crippen molar-refractivity contribution < 1.29 is 28.3 Å². The van der Waals surface area contributed by atoms with E-state index < -0.39 is 33.8 Å². The summed E-state index contributed by atoms with van der Waals surface area (Å²) >= 11 is 0. The molecule has 0 radical (unpaired) electrons. The van der Waals surface area contributed by atoms with E-state index in [4.69, 9.17) is 0 Å². The zero-order chi connectivity index (χ0) is 24.8. The number of benzene rings is 2. The fourth-order valence-electron chi connectivity index (χ4n) is 3.90. The molecule has 174 valence electrons. The van der Waals surface area contributed by atoms with E-state index >= 15 is 0 Å². The summed E-state index contributed by atoms with van der Waals surface area (Å²) in [6.45, 7) is 1.49. The molecule has 4 aromatic rings. The lowest BCUT2D eigenvalue weighted by atomic mass is 9.97. The van der Waals surface area contributed by atoms with Crippen molar-refractivity contribution in [3.8, 4) is 45.3 Å². The highest BCUT2D eigenvalue weighted by Crippen LogP contribution is 2.44. The van der Waals surface area contributed by atoms with E-state index in [1.165, 1.54) is 30.7 Å². The van der Waals surface area contributed by atoms with Crippen molar-refractivity contribution in [2.24, 2.45) is 7.05 Å². The first-order valence-corrected chi connectivity index (χ1v) is 10.00. The quantitative estimate of drug-likeness (QED) is 0.215. The Morgan fingerprint density at radius 2 is 1.62 bits per heavy atom. The maximum Gasteiger partial charge on any atom is 0.417 e. The number of halogens is 3. The van der Waals surface area contributed by atoms with Crippen LogP contribution >= 0.6 is 0 Å². The minimum atomic E-state index is -4.67. The van der Waals surface area contributed by atoms with E-state index in [0.717, 1.165) is 18.2 Å². The summed E-state index contributed by atoms with van der Waals surface area (Å²) in [5.74, 6) is -1.61. The fraction of sp³-hybridized carbons (Fsp3) is 0.125. The number of nitro benzene ring substituents is 1. The van der Waals surface area contributed by atoms with Crippen LogP contribution in [-0.4, -0.2) is 24.7 Å². The largest absolute Gasteiger partial charge is 0.504 e. The van der Waals surface area contributed by atoms with Gasteiger partial charge < -0.3 is 14.8 Å². The molecule has 0 spiro atoms. The van der Waals surface area contributed by atoms with Gasteiger partial charge in [-0.25, -0.2) is 0 Å². The maximum atomic E-state index is 14.1. The van der Waals surface area contributed by atoms with Crippen LogP contribution in [0.2, 0.25) is 0 Å². The summed E-state index contributed by atoms with van der Waals surface area (Å²) in [5, 5.41) is 31.0. The molecule has 0 unspecified atom stereocenters. The summed E-state index contributed by atoms with van der Waals surface area (Å²) in [7, 11) is 1.51. The zero-order valence-corrected chi connectivity index (χ0v) is 18.0. The van der Waals surface area contributed by atoms with Crippen molar-refractivity contribution >= 4 is 5.69 Å². The van der Waals surface area contributed by atoms with Gasteiger partial charge in [0.1, 0.15) is 0 Å². The lowest BCUT2D eigenvalue weighted by Gasteiger charge is -2.19. The number of phenols is 2. The Morgan fingerprint density at radius 3 is 2.24 bits per heavy atom. The second-order valence-electron chi connectivity index (χ2n) is 7.68. The molecule has 2 heterocycles. The highest BCUT2D eigenvalue weighted by molar-refractivity contribution is 5.84. The minimum Gasteiger partial charge on any atom is -0.504 e. The topological polar surface area (TPSA) is 101 Å². The van der Waals surface area contributed by atoms with Gasteiger partial charge in [0.2, 0.25) is 5.75 Å². The van der Waals surface area contributed by atoms with Crippen molar-refractivity contribution in [2.45, 2.75) is 13.1 Å². The summed E-state index contributed by atoms with van der Waals surface area (Å²) in [6.07, 6.45) is -4.67. The summed E-state index contributed by atoms with van der Waals surface area (Å²) in [6, 6.07) is 14.5. The molecule has 0 aliphatic rings. The van der Waals surface area contributed by atoms with Gasteiger partial charge in [-0.15, -0.1) is 0 Å². The van der Waals surface area contributed by atoms with Crippen LogP contribution in [-0.2, 0) is 13.2 Å². The third-order valence-corrected chi connectivity index (χ3v) is 5.44. The van der Waals surface area contributed by atoms with Gasteiger partial charge in [0.05, 0.1) is 21.9 Å². The monoisotopic (exact) mass is 469 g/mol. The van der Waals surface area contributed by atoms with E-state index in [1.807, 2.05) is 0 Å². The normalized spacial score (nSPS) is 11.6. The molecule has 10 heteroatoms. The van der Waals surface area contributed by atoms with Crippen LogP contribution in [0.1, 0.15) is 11.3 Å². The van der Waals surface area contributed by atoms with E-state index in [9.17, 15) is 33.5 Å². The molecule has 4 rings (SSSR count). The van der Waals surface area contributed by atoms with E-state index in [-0.39, 0.29) is 28.2 Å². The van der Waals surface area contributed by atoms with Crippen molar-refractivity contribution in [1.82, 2.24) is 9.55 Å². The number of hydrogen-bond acceptors (Lipinski definition) is 5. The zero-order valence-electron chi connectivity index (χ0n) is 18.0. The number of nitrogens with zero attached hydrogens (tertiary/aromatic N) is 3. The van der Waals surface area contributed by atoms with Gasteiger partial charge in [0, 0.05) is 41.2 Å². The van der Waals surface area contributed by atoms with Crippen LogP contribution in [0.3, 0.4) is 0 Å². The molecule has 34 heavy (non-hydrogen) atoms. The molecule has 0 bridgehead atoms. The number of hydrogen-bond donors (Lipinski definition) is 2. The number of phenolic OH excluding ortho intramolecular Hbond substituents is 2. The van der Waals surface area contributed by atoms with Crippen molar-refractivity contribution in [3.63, 3.8) is 0 Å². The molecule has 7 nitrogen and oxygen atoms in total. The van der Waals surface area contributed by atoms with Crippen molar-refractivity contribution in [3.05, 3.63) is 82.0 Å². The highest BCUT2D eigenvalue weighted by atomic mass is 19.4. The lowest BCUT2D eigenvalue weighted by molar-refractivity contribution is -0.385. The number of rotatable bonds is 4. The molecule has 0 aliphatic heterocycles. The molecule has 2 aromatic heterocycles. The second-order valence-corrected chi connectivity index (χ2v) is 7.68. The van der Waals surface area contributed by atoms with Gasteiger partial charge in [-0.1, -0.05) is 30.3 Å². The Kier molecular flexibility index (Phi) is 5.52. The first-order chi connectivity index (χ1) is 16.0. The van der Waals surface area contributed by atoms with Crippen LogP contribution in [0.4, 0.5) is 18.9 Å². The molecule has 2 aromatic carbocycles. The Labute approximate surface area is 191 Å². The Balaban J connectivity index is 2.01. The van der Waals surface area contributed by atoms with E-state index in [1.54, 1.807) is 30.3 Å². The molecule has 0 atom stereocenters. The van der Waals surface area contributed by atoms with Crippen LogP contribution in [0, 0.1) is 17.0 Å². The van der Waals surface area contributed by atoms with E-state index in [0.29, 0.717) is 11.3 Å². The molecule has 0 amide bonds. The summed E-state index contributed by atoms with van der Waals surface area (Å²) in [5.41, 5.74) is -0.302. The molecule has 2 N–H and O–H groups in total. The number of alkyl halides is 3. The van der Waals surface area contributed by atoms with Crippen molar-refractivity contribution in [1.29, 1.82) is 0 Å². The maximum absolute atomic E-state index is 14.1. The molecular formula is C24H18F3N3O4. The van der Waals surface area contributed by atoms with Crippen LogP contribution in [0.5, 0.6) is 11.5 Å². The average molecular weight is 469 g/mol. The molecule has 0 fully saturated rings. The predicted octanol–water partition coefficient (Wildman–Crippen LogP) is 6.07. The van der Waals surface area contributed by atoms with Gasteiger partial charge in [0.25, 0.3) is 0 Å². The van der Waals surface area contributed by atoms with Gasteiger partial charge >= 0.3 is 11.9 Å². The van der Waals surface area contributed by atoms with E-state index in [2.05, 4.69) is 4.98 Å². The molecule has 0 saturated heterocycles. The third-order valence-electron chi connectivity index (χ3n) is 5.44. The van der Waals surface area contributed by atoms with Crippen LogP contribution < -0.4 is 0 Å². The Hall–Kier alpha value is -4.34. The number of aromatic nitrogens is 2. The summed E-state index contributed by atoms with van der Waals surface area (Å²) in [4.78, 5) is 14.8. The number of aryl methyl sites for hydroxylation is 1. The third kappa shape index (κ3) is 3.94. The fourth-order valence-corrected chi connectivity index (χ4v) is 3.90. The van der Waals surface area contributed by atoms with Gasteiger partial charge in [-0.05, 0) is 31.2 Å². The molecule has 0 aliphatic carbocycles. The molecular weight excluding hydrogens is 451 g/mol. The lowest BCUT2D eigenvalue weighted by Crippen LogP contribution is -2.11. The van der Waals surface area contributed by atoms with Gasteiger partial charge in [0.15, 0.2) is 5.75 Å². The summed E-state index contributed by atoms with van der Waals surface area (Å²) < 4.78 is 43.8. The Bertz CT molecular complexity index is 1410. The smallest absolute Gasteiger partial charge is 0.417 e. The van der Waals surface area contributed by atoms with Gasteiger partial charge in [-0.3, -0.25) is 15.1 Å². The predicted molar refractivity (Wildman–Crippen MR) is 119 cm³/mol. The van der Waals surface area contributed by atoms with Crippen LogP contribution in [0.25, 0.3) is 33.8 Å². The second kappa shape index (κ2) is 8.22. The first-order valence-electron chi connectivity index (χ1n) is 10.00. The SMILES string of the molecule is Cc1cc(C(F)(F)F)c(-c2ccc(-c3cc(O)c(O)c([N+](=O)[O-])c3)n2C)c(-c2ccccc2)n1. The van der Waals surface area contributed by atoms with Crippen LogP contribution in [0.15, 0.2) is 60.7 Å². The minimum absolute atomic E-state index is 0.139. The first kappa shape index (κ1) is 22.8. The van der Waals surface area contributed by atoms with Gasteiger partial charge in [-0.2, -0.15) is 13.2 Å². The average Bonchev–Trinajstić information content (AvgIpc) is 3.15. The highest BCUT2D eigenvalue weighted by Gasteiger charge is 2.37. The standard InChI is InChI=1S/C24H18F3N3O4/c1-13-10-16(24(25,26)27)21(22(28-13)14-6-4-3-5-7-14)18-9-8-17(29(18)2)15-11-19(30(33)34)23(32)20(31)12-15/h3-12,31-32H,1-2H3. The molecule has 0 saturated carbocycles. The van der Waals surface area contributed by atoms with Crippen molar-refractivity contribution in [2.75, 3.05) is 0 Å².